The molecular weight excluding hydrogens is 396 g/mol. The molecule has 28 heavy (non-hydrogen) atoms. The van der Waals surface area contributed by atoms with Crippen molar-refractivity contribution in [3.05, 3.63) is 77.0 Å². The Labute approximate surface area is 168 Å². The molecule has 0 radical (unpaired) electrons. The highest BCUT2D eigenvalue weighted by Crippen LogP contribution is 2.31. The van der Waals surface area contributed by atoms with Gasteiger partial charge < -0.3 is 9.15 Å². The van der Waals surface area contributed by atoms with Crippen LogP contribution in [0.25, 0.3) is 6.08 Å². The Hall–Kier alpha value is -2.71. The highest BCUT2D eigenvalue weighted by atomic mass is 32.1. The number of thiophene rings is 1. The van der Waals surface area contributed by atoms with E-state index in [0.29, 0.717) is 32.1 Å². The van der Waals surface area contributed by atoms with Gasteiger partial charge >= 0.3 is 5.97 Å². The summed E-state index contributed by atoms with van der Waals surface area (Å²) in [7, 11) is 0. The zero-order chi connectivity index (χ0) is 19.8. The van der Waals surface area contributed by atoms with Crippen molar-refractivity contribution in [3.8, 4) is 0 Å². The maximum Gasteiger partial charge on any atom is 0.338 e. The Bertz CT molecular complexity index is 1240. The number of aryl methyl sites for hydroxylation is 1. The molecule has 0 saturated heterocycles. The number of furan rings is 1. The standard InChI is InChI=1S/C20H18N2O4S2/c1-4-25-19(24)16-12(3)21-20-22(17(16)14-6-5-11(2)26-14)18(23)15(28-20)9-13-7-8-27-10-13/h5-10,17H,4H2,1-3H3/b15-9+/t17-/m0/s1. The minimum atomic E-state index is -0.700. The van der Waals surface area contributed by atoms with E-state index in [-0.39, 0.29) is 12.2 Å². The number of ether oxygens (including phenoxy) is 1. The van der Waals surface area contributed by atoms with E-state index in [1.807, 2.05) is 35.9 Å². The Morgan fingerprint density at radius 3 is 2.82 bits per heavy atom. The van der Waals surface area contributed by atoms with Crippen molar-refractivity contribution >= 4 is 34.7 Å². The molecule has 4 heterocycles. The quantitative estimate of drug-likeness (QED) is 0.616. The SMILES string of the molecule is CCOC(=O)C1=C(C)N=c2s/c(=C/c3ccsc3)c(=O)n2[C@H]1c1ccc(C)o1. The summed E-state index contributed by atoms with van der Waals surface area (Å²) in [6, 6.07) is 4.85. The first-order chi connectivity index (χ1) is 13.5. The minimum absolute atomic E-state index is 0.205. The average Bonchev–Trinajstić information content (AvgIpc) is 3.37. The number of carbonyl (C=O) groups is 1. The van der Waals surface area contributed by atoms with Crippen LogP contribution < -0.4 is 14.9 Å². The van der Waals surface area contributed by atoms with Gasteiger partial charge in [0.15, 0.2) is 4.80 Å². The number of hydrogen-bond donors (Lipinski definition) is 0. The molecule has 0 fully saturated rings. The number of nitrogens with zero attached hydrogens (tertiary/aromatic N) is 2. The van der Waals surface area contributed by atoms with Crippen molar-refractivity contribution in [2.24, 2.45) is 4.99 Å². The number of fused-ring (bicyclic) bond motifs is 1. The molecular formula is C20H18N2O4S2. The van der Waals surface area contributed by atoms with Crippen LogP contribution in [0.4, 0.5) is 0 Å². The molecule has 1 aliphatic rings. The van der Waals surface area contributed by atoms with Crippen LogP contribution in [0.3, 0.4) is 0 Å². The number of thiazole rings is 1. The second-order valence-electron chi connectivity index (χ2n) is 6.31. The predicted octanol–water partition coefficient (Wildman–Crippen LogP) is 2.76. The lowest BCUT2D eigenvalue weighted by atomic mass is 10.0. The third-order valence-corrected chi connectivity index (χ3v) is 6.07. The topological polar surface area (TPSA) is 73.8 Å². The number of aromatic nitrogens is 1. The fourth-order valence-corrected chi connectivity index (χ4v) is 4.83. The third-order valence-electron chi connectivity index (χ3n) is 4.39. The van der Waals surface area contributed by atoms with Crippen LogP contribution in [0.15, 0.2) is 54.4 Å². The van der Waals surface area contributed by atoms with Crippen LogP contribution in [0.5, 0.6) is 0 Å². The van der Waals surface area contributed by atoms with Crippen LogP contribution in [0, 0.1) is 6.92 Å². The molecule has 0 aliphatic carbocycles. The summed E-state index contributed by atoms with van der Waals surface area (Å²) in [6.07, 6.45) is 1.84. The van der Waals surface area contributed by atoms with Gasteiger partial charge in [0.05, 0.1) is 22.4 Å². The van der Waals surface area contributed by atoms with E-state index < -0.39 is 12.0 Å². The first-order valence-corrected chi connectivity index (χ1v) is 10.5. The third kappa shape index (κ3) is 3.18. The zero-order valence-electron chi connectivity index (χ0n) is 15.6. The van der Waals surface area contributed by atoms with E-state index in [1.54, 1.807) is 31.3 Å². The molecule has 0 unspecified atom stereocenters. The highest BCUT2D eigenvalue weighted by molar-refractivity contribution is 7.08. The molecule has 1 aliphatic heterocycles. The van der Waals surface area contributed by atoms with Gasteiger partial charge in [-0.2, -0.15) is 11.3 Å². The molecule has 0 saturated carbocycles. The van der Waals surface area contributed by atoms with Gasteiger partial charge in [-0.25, -0.2) is 9.79 Å². The summed E-state index contributed by atoms with van der Waals surface area (Å²) in [5.41, 5.74) is 1.61. The summed E-state index contributed by atoms with van der Waals surface area (Å²) in [6.45, 7) is 5.56. The fraction of sp³-hybridized carbons (Fsp3) is 0.250. The van der Waals surface area contributed by atoms with E-state index >= 15 is 0 Å². The average molecular weight is 415 g/mol. The number of esters is 1. The van der Waals surface area contributed by atoms with Crippen molar-refractivity contribution in [1.82, 2.24) is 4.57 Å². The van der Waals surface area contributed by atoms with E-state index in [9.17, 15) is 9.59 Å². The summed E-state index contributed by atoms with van der Waals surface area (Å²) in [4.78, 5) is 31.0. The first-order valence-electron chi connectivity index (χ1n) is 8.77. The Balaban J connectivity index is 1.97. The molecule has 8 heteroatoms. The first kappa shape index (κ1) is 18.6. The Kier molecular flexibility index (Phi) is 4.91. The summed E-state index contributed by atoms with van der Waals surface area (Å²) in [5, 5.41) is 3.93. The summed E-state index contributed by atoms with van der Waals surface area (Å²) < 4.78 is 13.1. The van der Waals surface area contributed by atoms with Gasteiger partial charge in [0.2, 0.25) is 0 Å². The van der Waals surface area contributed by atoms with Crippen molar-refractivity contribution in [2.45, 2.75) is 26.8 Å². The van der Waals surface area contributed by atoms with Crippen molar-refractivity contribution in [3.63, 3.8) is 0 Å². The lowest BCUT2D eigenvalue weighted by Crippen LogP contribution is -2.39. The van der Waals surface area contributed by atoms with Gasteiger partial charge in [-0.05, 0) is 61.4 Å². The van der Waals surface area contributed by atoms with Gasteiger partial charge in [-0.15, -0.1) is 0 Å². The maximum absolute atomic E-state index is 13.2. The largest absolute Gasteiger partial charge is 0.464 e. The summed E-state index contributed by atoms with van der Waals surface area (Å²) in [5.74, 6) is 0.723. The minimum Gasteiger partial charge on any atom is -0.464 e. The molecule has 0 spiro atoms. The lowest BCUT2D eigenvalue weighted by Gasteiger charge is -2.22. The second-order valence-corrected chi connectivity index (χ2v) is 8.10. The van der Waals surface area contributed by atoms with Crippen molar-refractivity contribution in [2.75, 3.05) is 6.61 Å². The molecule has 0 aromatic carbocycles. The van der Waals surface area contributed by atoms with E-state index in [4.69, 9.17) is 9.15 Å². The maximum atomic E-state index is 13.2. The van der Waals surface area contributed by atoms with E-state index in [0.717, 1.165) is 5.56 Å². The van der Waals surface area contributed by atoms with Gasteiger partial charge in [0.25, 0.3) is 5.56 Å². The molecule has 0 bridgehead atoms. The van der Waals surface area contributed by atoms with Crippen LogP contribution >= 0.6 is 22.7 Å². The monoisotopic (exact) mass is 414 g/mol. The highest BCUT2D eigenvalue weighted by Gasteiger charge is 2.35. The molecule has 4 rings (SSSR count). The van der Waals surface area contributed by atoms with Crippen molar-refractivity contribution in [1.29, 1.82) is 0 Å². The summed E-state index contributed by atoms with van der Waals surface area (Å²) >= 11 is 2.87. The molecule has 0 N–H and O–H groups in total. The molecule has 6 nitrogen and oxygen atoms in total. The van der Waals surface area contributed by atoms with Crippen LogP contribution in [-0.2, 0) is 9.53 Å². The Morgan fingerprint density at radius 2 is 2.18 bits per heavy atom. The van der Waals surface area contributed by atoms with E-state index in [2.05, 4.69) is 4.99 Å². The predicted molar refractivity (Wildman–Crippen MR) is 108 cm³/mol. The lowest BCUT2D eigenvalue weighted by molar-refractivity contribution is -0.139. The smallest absolute Gasteiger partial charge is 0.338 e. The Morgan fingerprint density at radius 1 is 1.36 bits per heavy atom. The van der Waals surface area contributed by atoms with E-state index in [1.165, 1.54) is 15.9 Å². The van der Waals surface area contributed by atoms with Gasteiger partial charge in [-0.1, -0.05) is 11.3 Å². The molecule has 144 valence electrons. The van der Waals surface area contributed by atoms with Gasteiger partial charge in [-0.3, -0.25) is 9.36 Å². The second kappa shape index (κ2) is 7.37. The molecule has 3 aromatic heterocycles. The fourth-order valence-electron chi connectivity index (χ4n) is 3.17. The molecule has 1 atom stereocenters. The zero-order valence-corrected chi connectivity index (χ0v) is 17.2. The van der Waals surface area contributed by atoms with Crippen LogP contribution in [-0.4, -0.2) is 17.1 Å². The number of rotatable bonds is 4. The number of allylic oxidation sites excluding steroid dienone is 1. The van der Waals surface area contributed by atoms with Crippen LogP contribution in [0.1, 0.15) is 37.0 Å². The normalized spacial score (nSPS) is 16.8. The molecule has 0 amide bonds. The van der Waals surface area contributed by atoms with Gasteiger partial charge in [0.1, 0.15) is 17.6 Å². The number of carbonyl (C=O) groups excluding carboxylic acids is 1. The van der Waals surface area contributed by atoms with Gasteiger partial charge in [0, 0.05) is 0 Å². The molecule has 3 aromatic rings. The van der Waals surface area contributed by atoms with Crippen LogP contribution in [0.2, 0.25) is 0 Å². The van der Waals surface area contributed by atoms with Crippen molar-refractivity contribution < 1.29 is 13.9 Å². The number of hydrogen-bond acceptors (Lipinski definition) is 7.